The molecule has 0 aromatic heterocycles. The van der Waals surface area contributed by atoms with Crippen LogP contribution in [-0.4, -0.2) is 66.3 Å². The van der Waals surface area contributed by atoms with Crippen LogP contribution in [0.3, 0.4) is 0 Å². The number of amides is 3. The lowest BCUT2D eigenvalue weighted by Crippen LogP contribution is -2.34. The van der Waals surface area contributed by atoms with Crippen LogP contribution in [0.1, 0.15) is 131 Å². The molecule has 0 aromatic carbocycles. The van der Waals surface area contributed by atoms with Gasteiger partial charge in [-0.05, 0) is 69.1 Å². The first-order valence-corrected chi connectivity index (χ1v) is 15.1. The molecule has 1 aliphatic heterocycles. The molecule has 0 bridgehead atoms. The standard InChI is InChI=1S/C30H58N2O4/c1-6-29(7-2,18-11-14-23-33)19-12-15-24-36-25-16-13-20-30(8-3,9-4)21-17-22-32-27(34)26-31(10-5)28(32)35/h33H,6-26H2,1-5H3. The van der Waals surface area contributed by atoms with E-state index in [4.69, 9.17) is 9.84 Å². The molecule has 6 heteroatoms. The van der Waals surface area contributed by atoms with Crippen LogP contribution in [0.15, 0.2) is 0 Å². The first kappa shape index (κ1) is 32.9. The number of aliphatic hydroxyl groups excluding tert-OH is 1. The van der Waals surface area contributed by atoms with E-state index in [9.17, 15) is 9.59 Å². The van der Waals surface area contributed by atoms with Crippen molar-refractivity contribution in [3.63, 3.8) is 0 Å². The fraction of sp³-hybridized carbons (Fsp3) is 0.933. The fourth-order valence-corrected chi connectivity index (χ4v) is 5.96. The van der Waals surface area contributed by atoms with E-state index in [-0.39, 0.29) is 18.5 Å². The van der Waals surface area contributed by atoms with Gasteiger partial charge in [-0.3, -0.25) is 9.69 Å². The minimum Gasteiger partial charge on any atom is -0.396 e. The van der Waals surface area contributed by atoms with Crippen molar-refractivity contribution in [3.05, 3.63) is 0 Å². The van der Waals surface area contributed by atoms with Gasteiger partial charge in [-0.25, -0.2) is 4.79 Å². The van der Waals surface area contributed by atoms with E-state index in [0.717, 1.165) is 64.6 Å². The lowest BCUT2D eigenvalue weighted by molar-refractivity contribution is -0.125. The Balaban J connectivity index is 2.24. The molecule has 6 nitrogen and oxygen atoms in total. The van der Waals surface area contributed by atoms with Crippen LogP contribution in [0.2, 0.25) is 0 Å². The van der Waals surface area contributed by atoms with Gasteiger partial charge in [0.25, 0.3) is 0 Å². The van der Waals surface area contributed by atoms with Gasteiger partial charge in [0.2, 0.25) is 5.91 Å². The number of carbonyl (C=O) groups is 2. The molecule has 36 heavy (non-hydrogen) atoms. The van der Waals surface area contributed by atoms with Crippen LogP contribution in [0.4, 0.5) is 4.79 Å². The van der Waals surface area contributed by atoms with Crippen molar-refractivity contribution in [2.75, 3.05) is 39.5 Å². The maximum atomic E-state index is 12.3. The van der Waals surface area contributed by atoms with Crippen LogP contribution in [-0.2, 0) is 9.53 Å². The molecule has 1 N–H and O–H groups in total. The second kappa shape index (κ2) is 18.2. The van der Waals surface area contributed by atoms with Crippen molar-refractivity contribution in [3.8, 4) is 0 Å². The molecule has 212 valence electrons. The Morgan fingerprint density at radius 3 is 1.61 bits per heavy atom. The van der Waals surface area contributed by atoms with Gasteiger partial charge in [0.1, 0.15) is 6.54 Å². The number of likely N-dealkylation sites (N-methyl/N-ethyl adjacent to an activating group) is 1. The summed E-state index contributed by atoms with van der Waals surface area (Å²) in [5.74, 6) is -0.0469. The van der Waals surface area contributed by atoms with Crippen molar-refractivity contribution in [2.24, 2.45) is 10.8 Å². The van der Waals surface area contributed by atoms with Gasteiger partial charge in [-0.1, -0.05) is 72.6 Å². The number of ether oxygens (including phenoxy) is 1. The van der Waals surface area contributed by atoms with Crippen LogP contribution in [0.5, 0.6) is 0 Å². The maximum Gasteiger partial charge on any atom is 0.327 e. The zero-order chi connectivity index (χ0) is 26.9. The predicted molar refractivity (Wildman–Crippen MR) is 149 cm³/mol. The van der Waals surface area contributed by atoms with Crippen molar-refractivity contribution in [1.82, 2.24) is 9.80 Å². The second-order valence-electron chi connectivity index (χ2n) is 11.1. The monoisotopic (exact) mass is 510 g/mol. The highest BCUT2D eigenvalue weighted by molar-refractivity contribution is 6.01. The Hall–Kier alpha value is -1.14. The Kier molecular flexibility index (Phi) is 16.6. The summed E-state index contributed by atoms with van der Waals surface area (Å²) in [6.07, 6.45) is 17.1. The van der Waals surface area contributed by atoms with E-state index in [2.05, 4.69) is 27.7 Å². The number of carbonyl (C=O) groups excluding carboxylic acids is 2. The van der Waals surface area contributed by atoms with E-state index in [1.54, 1.807) is 4.90 Å². The van der Waals surface area contributed by atoms with Gasteiger partial charge in [0.15, 0.2) is 0 Å². The molecular formula is C30H58N2O4. The zero-order valence-corrected chi connectivity index (χ0v) is 24.4. The van der Waals surface area contributed by atoms with Crippen LogP contribution in [0.25, 0.3) is 0 Å². The Morgan fingerprint density at radius 2 is 1.19 bits per heavy atom. The Morgan fingerprint density at radius 1 is 0.722 bits per heavy atom. The number of hydrogen-bond donors (Lipinski definition) is 1. The number of hydrogen-bond acceptors (Lipinski definition) is 4. The summed E-state index contributed by atoms with van der Waals surface area (Å²) in [5.41, 5.74) is 0.749. The highest BCUT2D eigenvalue weighted by Crippen LogP contribution is 2.38. The van der Waals surface area contributed by atoms with E-state index < -0.39 is 0 Å². The lowest BCUT2D eigenvalue weighted by Gasteiger charge is -2.32. The van der Waals surface area contributed by atoms with Crippen molar-refractivity contribution < 1.29 is 19.4 Å². The SMILES string of the molecule is CCN1CC(=O)N(CCCC(CC)(CC)CCCCOCCCCC(CC)(CC)CCCCO)C1=O. The normalized spacial score (nSPS) is 14.9. The van der Waals surface area contributed by atoms with Crippen LogP contribution < -0.4 is 0 Å². The van der Waals surface area contributed by atoms with Crippen molar-refractivity contribution >= 4 is 11.9 Å². The number of nitrogens with zero attached hydrogens (tertiary/aromatic N) is 2. The minimum atomic E-state index is -0.116. The molecule has 1 saturated heterocycles. The van der Waals surface area contributed by atoms with Crippen LogP contribution in [0, 0.1) is 10.8 Å². The lowest BCUT2D eigenvalue weighted by atomic mass is 9.74. The molecule has 0 spiro atoms. The first-order valence-electron chi connectivity index (χ1n) is 15.1. The summed E-state index contributed by atoms with van der Waals surface area (Å²) in [6.45, 7) is 14.5. The highest BCUT2D eigenvalue weighted by Gasteiger charge is 2.35. The molecule has 0 unspecified atom stereocenters. The van der Waals surface area contributed by atoms with Gasteiger partial charge in [-0.15, -0.1) is 0 Å². The smallest absolute Gasteiger partial charge is 0.327 e. The minimum absolute atomic E-state index is 0.0469. The molecule has 0 saturated carbocycles. The van der Waals surface area contributed by atoms with E-state index in [1.165, 1.54) is 49.8 Å². The molecule has 0 radical (unpaired) electrons. The largest absolute Gasteiger partial charge is 0.396 e. The van der Waals surface area contributed by atoms with Gasteiger partial charge < -0.3 is 14.7 Å². The average molecular weight is 511 g/mol. The van der Waals surface area contributed by atoms with Gasteiger partial charge in [0, 0.05) is 32.9 Å². The summed E-state index contributed by atoms with van der Waals surface area (Å²) >= 11 is 0. The number of imide groups is 1. The highest BCUT2D eigenvalue weighted by atomic mass is 16.5. The van der Waals surface area contributed by atoms with E-state index in [1.807, 2.05) is 6.92 Å². The molecule has 0 atom stereocenters. The first-order chi connectivity index (χ1) is 17.4. The third-order valence-corrected chi connectivity index (χ3v) is 9.21. The quantitative estimate of drug-likeness (QED) is 0.117. The molecule has 1 fully saturated rings. The summed E-state index contributed by atoms with van der Waals surface area (Å²) in [5, 5.41) is 9.09. The Labute approximate surface area is 222 Å². The van der Waals surface area contributed by atoms with Crippen LogP contribution >= 0.6 is 0 Å². The average Bonchev–Trinajstić information content (AvgIpc) is 3.18. The Bertz CT molecular complexity index is 602. The third-order valence-electron chi connectivity index (χ3n) is 9.21. The maximum absolute atomic E-state index is 12.3. The second-order valence-corrected chi connectivity index (χ2v) is 11.1. The van der Waals surface area contributed by atoms with Gasteiger partial charge >= 0.3 is 6.03 Å². The van der Waals surface area contributed by atoms with E-state index in [0.29, 0.717) is 30.5 Å². The topological polar surface area (TPSA) is 70.1 Å². The molecular weight excluding hydrogens is 452 g/mol. The van der Waals surface area contributed by atoms with Gasteiger partial charge in [0.05, 0.1) is 0 Å². The summed E-state index contributed by atoms with van der Waals surface area (Å²) in [4.78, 5) is 27.6. The van der Waals surface area contributed by atoms with E-state index >= 15 is 0 Å². The molecule has 1 rings (SSSR count). The molecule has 1 heterocycles. The number of rotatable bonds is 23. The van der Waals surface area contributed by atoms with Crippen molar-refractivity contribution in [2.45, 2.75) is 131 Å². The molecule has 0 aromatic rings. The fourth-order valence-electron chi connectivity index (χ4n) is 5.96. The zero-order valence-electron chi connectivity index (χ0n) is 24.4. The summed E-state index contributed by atoms with van der Waals surface area (Å²) in [7, 11) is 0. The number of urea groups is 1. The molecule has 0 aliphatic carbocycles. The molecule has 3 amide bonds. The number of aliphatic hydroxyl groups is 1. The molecule has 1 aliphatic rings. The summed E-state index contributed by atoms with van der Waals surface area (Å²) in [6, 6.07) is -0.116. The predicted octanol–water partition coefficient (Wildman–Crippen LogP) is 7.18. The number of unbranched alkanes of at least 4 members (excludes halogenated alkanes) is 3. The third kappa shape index (κ3) is 10.7. The summed E-state index contributed by atoms with van der Waals surface area (Å²) < 4.78 is 5.97. The van der Waals surface area contributed by atoms with Gasteiger partial charge in [-0.2, -0.15) is 0 Å². The van der Waals surface area contributed by atoms with Crippen molar-refractivity contribution in [1.29, 1.82) is 0 Å².